The van der Waals surface area contributed by atoms with Crippen LogP contribution in [0.5, 0.6) is 0 Å². The summed E-state index contributed by atoms with van der Waals surface area (Å²) >= 11 is 0. The molecule has 0 saturated carbocycles. The van der Waals surface area contributed by atoms with Gasteiger partial charge in [-0.15, -0.1) is 0 Å². The van der Waals surface area contributed by atoms with E-state index in [2.05, 4.69) is 0 Å². The Morgan fingerprint density at radius 1 is 1.30 bits per heavy atom. The van der Waals surface area contributed by atoms with Gasteiger partial charge in [-0.3, -0.25) is 0 Å². The van der Waals surface area contributed by atoms with Gasteiger partial charge in [0.25, 0.3) is 0 Å². The Hall–Kier alpha value is -1.44. The third-order valence-corrected chi connectivity index (χ3v) is 5.56. The van der Waals surface area contributed by atoms with Crippen molar-refractivity contribution in [3.63, 3.8) is 0 Å². The standard InChI is InChI=1S/C13H17NO5S/c1-9(2)13(17)7-14(8-13)20(18,19)11-6-4-3-5-10(11)12(15)16/h3-6,9,17H,7-8H2,1-2H3,(H,15,16). The highest BCUT2D eigenvalue weighted by molar-refractivity contribution is 7.89. The van der Waals surface area contributed by atoms with E-state index in [0.29, 0.717) is 0 Å². The number of hydrogen-bond acceptors (Lipinski definition) is 4. The summed E-state index contributed by atoms with van der Waals surface area (Å²) < 4.78 is 25.9. The summed E-state index contributed by atoms with van der Waals surface area (Å²) in [5.41, 5.74) is -1.29. The Labute approximate surface area is 117 Å². The lowest BCUT2D eigenvalue weighted by Gasteiger charge is -2.47. The van der Waals surface area contributed by atoms with Crippen molar-refractivity contribution in [1.82, 2.24) is 4.31 Å². The molecule has 2 N–H and O–H groups in total. The topological polar surface area (TPSA) is 94.9 Å². The maximum absolute atomic E-state index is 12.4. The molecule has 0 amide bonds. The van der Waals surface area contributed by atoms with Gasteiger partial charge in [0.1, 0.15) is 0 Å². The molecule has 1 heterocycles. The molecule has 0 aliphatic carbocycles. The summed E-state index contributed by atoms with van der Waals surface area (Å²) in [5.74, 6) is -1.35. The smallest absolute Gasteiger partial charge is 0.337 e. The van der Waals surface area contributed by atoms with E-state index in [4.69, 9.17) is 5.11 Å². The Balaban J connectivity index is 2.33. The van der Waals surface area contributed by atoms with Crippen LogP contribution in [0.4, 0.5) is 0 Å². The van der Waals surface area contributed by atoms with E-state index >= 15 is 0 Å². The summed E-state index contributed by atoms with van der Waals surface area (Å²) in [7, 11) is -3.89. The summed E-state index contributed by atoms with van der Waals surface area (Å²) in [4.78, 5) is 10.9. The monoisotopic (exact) mass is 299 g/mol. The molecule has 0 unspecified atom stereocenters. The number of aromatic carboxylic acids is 1. The molecule has 0 bridgehead atoms. The molecule has 6 nitrogen and oxygen atoms in total. The first-order chi connectivity index (χ1) is 9.18. The van der Waals surface area contributed by atoms with Crippen molar-refractivity contribution in [2.45, 2.75) is 24.3 Å². The molecule has 2 rings (SSSR count). The van der Waals surface area contributed by atoms with E-state index in [1.807, 2.05) is 13.8 Å². The molecule has 20 heavy (non-hydrogen) atoms. The molecule has 1 aliphatic rings. The van der Waals surface area contributed by atoms with Crippen molar-refractivity contribution in [2.75, 3.05) is 13.1 Å². The molecule has 0 spiro atoms. The van der Waals surface area contributed by atoms with Crippen LogP contribution < -0.4 is 0 Å². The third-order valence-electron chi connectivity index (χ3n) is 3.71. The first-order valence-electron chi connectivity index (χ1n) is 6.23. The number of β-amino-alcohol motifs (C(OH)–C–C–N with tert-alkyl or cyclic N) is 1. The number of carboxylic acid groups (broad SMARTS) is 1. The van der Waals surface area contributed by atoms with Gasteiger partial charge in [-0.1, -0.05) is 26.0 Å². The van der Waals surface area contributed by atoms with Crippen molar-refractivity contribution in [3.8, 4) is 0 Å². The van der Waals surface area contributed by atoms with E-state index in [-0.39, 0.29) is 29.5 Å². The molecular weight excluding hydrogens is 282 g/mol. The van der Waals surface area contributed by atoms with Gasteiger partial charge in [-0.25, -0.2) is 13.2 Å². The van der Waals surface area contributed by atoms with Crippen LogP contribution >= 0.6 is 0 Å². The van der Waals surface area contributed by atoms with Crippen LogP contribution in [0.1, 0.15) is 24.2 Å². The number of benzene rings is 1. The fraction of sp³-hybridized carbons (Fsp3) is 0.462. The SMILES string of the molecule is CC(C)C1(O)CN(S(=O)(=O)c2ccccc2C(=O)O)C1. The highest BCUT2D eigenvalue weighted by Gasteiger charge is 2.49. The fourth-order valence-electron chi connectivity index (χ4n) is 2.11. The summed E-state index contributed by atoms with van der Waals surface area (Å²) in [6.07, 6.45) is 0. The van der Waals surface area contributed by atoms with Gasteiger partial charge in [0, 0.05) is 13.1 Å². The first-order valence-corrected chi connectivity index (χ1v) is 7.67. The lowest BCUT2D eigenvalue weighted by atomic mass is 9.85. The summed E-state index contributed by atoms with van der Waals surface area (Å²) in [5, 5.41) is 19.2. The molecule has 1 aromatic rings. The largest absolute Gasteiger partial charge is 0.478 e. The molecule has 1 saturated heterocycles. The van der Waals surface area contributed by atoms with Gasteiger partial charge in [0.05, 0.1) is 16.1 Å². The number of carbonyl (C=O) groups is 1. The molecule has 110 valence electrons. The fourth-order valence-corrected chi connectivity index (χ4v) is 3.86. The van der Waals surface area contributed by atoms with Gasteiger partial charge in [-0.2, -0.15) is 4.31 Å². The number of rotatable bonds is 4. The van der Waals surface area contributed by atoms with E-state index in [1.165, 1.54) is 24.3 Å². The van der Waals surface area contributed by atoms with Crippen molar-refractivity contribution >= 4 is 16.0 Å². The molecular formula is C13H17NO5S. The highest BCUT2D eigenvalue weighted by Crippen LogP contribution is 2.33. The predicted octanol–water partition coefficient (Wildman–Crippen LogP) is 0.776. The lowest BCUT2D eigenvalue weighted by molar-refractivity contribution is -0.0932. The second kappa shape index (κ2) is 4.83. The Bertz CT molecular complexity index is 632. The van der Waals surface area contributed by atoms with Crippen LogP contribution in [-0.4, -0.2) is 47.6 Å². The number of aliphatic hydroxyl groups is 1. The van der Waals surface area contributed by atoms with E-state index in [1.54, 1.807) is 0 Å². The Kier molecular flexibility index (Phi) is 3.62. The van der Waals surface area contributed by atoms with E-state index in [0.717, 1.165) is 4.31 Å². The highest BCUT2D eigenvalue weighted by atomic mass is 32.2. The van der Waals surface area contributed by atoms with Gasteiger partial charge in [0.15, 0.2) is 0 Å². The first kappa shape index (κ1) is 15.0. The van der Waals surface area contributed by atoms with Gasteiger partial charge < -0.3 is 10.2 Å². The maximum atomic E-state index is 12.4. The number of hydrogen-bond donors (Lipinski definition) is 2. The summed E-state index contributed by atoms with van der Waals surface area (Å²) in [6, 6.07) is 5.48. The second-order valence-electron chi connectivity index (χ2n) is 5.33. The van der Waals surface area contributed by atoms with Crippen LogP contribution in [0.2, 0.25) is 0 Å². The average Bonchev–Trinajstić information content (AvgIpc) is 2.34. The second-order valence-corrected chi connectivity index (χ2v) is 7.24. The number of sulfonamides is 1. The minimum absolute atomic E-state index is 0.0129. The minimum atomic E-state index is -3.89. The quantitative estimate of drug-likeness (QED) is 0.856. The van der Waals surface area contributed by atoms with Crippen LogP contribution in [-0.2, 0) is 10.0 Å². The molecule has 1 aromatic carbocycles. The van der Waals surface area contributed by atoms with Crippen LogP contribution in [0.15, 0.2) is 29.2 Å². The van der Waals surface area contributed by atoms with Crippen LogP contribution in [0, 0.1) is 5.92 Å². The molecule has 7 heteroatoms. The maximum Gasteiger partial charge on any atom is 0.337 e. The van der Waals surface area contributed by atoms with Crippen LogP contribution in [0.25, 0.3) is 0 Å². The van der Waals surface area contributed by atoms with Crippen molar-refractivity contribution < 1.29 is 23.4 Å². The zero-order valence-electron chi connectivity index (χ0n) is 11.3. The van der Waals surface area contributed by atoms with Gasteiger partial charge in [0.2, 0.25) is 10.0 Å². The Morgan fingerprint density at radius 3 is 2.35 bits per heavy atom. The molecule has 1 fully saturated rings. The Morgan fingerprint density at radius 2 is 1.85 bits per heavy atom. The predicted molar refractivity (Wildman–Crippen MR) is 71.9 cm³/mol. The van der Waals surface area contributed by atoms with E-state index < -0.39 is 21.6 Å². The van der Waals surface area contributed by atoms with Crippen LogP contribution in [0.3, 0.4) is 0 Å². The minimum Gasteiger partial charge on any atom is -0.478 e. The zero-order chi connectivity index (χ0) is 15.1. The molecule has 0 aromatic heterocycles. The van der Waals surface area contributed by atoms with Gasteiger partial charge >= 0.3 is 5.97 Å². The van der Waals surface area contributed by atoms with Crippen molar-refractivity contribution in [2.24, 2.45) is 5.92 Å². The zero-order valence-corrected chi connectivity index (χ0v) is 12.1. The lowest BCUT2D eigenvalue weighted by Crippen LogP contribution is -2.65. The average molecular weight is 299 g/mol. The van der Waals surface area contributed by atoms with Crippen molar-refractivity contribution in [3.05, 3.63) is 29.8 Å². The van der Waals surface area contributed by atoms with Gasteiger partial charge in [-0.05, 0) is 18.1 Å². The number of nitrogens with zero attached hydrogens (tertiary/aromatic N) is 1. The molecule has 0 atom stereocenters. The summed E-state index contributed by atoms with van der Waals surface area (Å²) in [6.45, 7) is 3.60. The third kappa shape index (κ3) is 2.32. The molecule has 0 radical (unpaired) electrons. The normalized spacial score (nSPS) is 18.8. The van der Waals surface area contributed by atoms with E-state index in [9.17, 15) is 18.3 Å². The number of carboxylic acids is 1. The van der Waals surface area contributed by atoms with Crippen molar-refractivity contribution in [1.29, 1.82) is 0 Å². The molecule has 1 aliphatic heterocycles.